The smallest absolute Gasteiger partial charge is 0.127 e. The molecule has 1 aromatic rings. The monoisotopic (exact) mass is 252 g/mol. The van der Waals surface area contributed by atoms with E-state index in [1.54, 1.807) is 12.0 Å². The molecule has 0 unspecified atom stereocenters. The van der Waals surface area contributed by atoms with Crippen LogP contribution in [0.2, 0.25) is 0 Å². The maximum absolute atomic E-state index is 5.36. The van der Waals surface area contributed by atoms with Crippen molar-refractivity contribution in [3.8, 4) is 5.75 Å². The molecule has 0 aliphatic carbocycles. The van der Waals surface area contributed by atoms with Crippen LogP contribution >= 0.6 is 0 Å². The van der Waals surface area contributed by atoms with Crippen LogP contribution in [0.3, 0.4) is 0 Å². The molecule has 100 valence electrons. The van der Waals surface area contributed by atoms with Gasteiger partial charge in [-0.3, -0.25) is 0 Å². The zero-order chi connectivity index (χ0) is 12.6. The van der Waals surface area contributed by atoms with Gasteiger partial charge in [-0.1, -0.05) is 12.1 Å². The molecular formula is C14H24N2O2+2. The van der Waals surface area contributed by atoms with Gasteiger partial charge >= 0.3 is 0 Å². The van der Waals surface area contributed by atoms with Gasteiger partial charge in [-0.2, -0.15) is 0 Å². The van der Waals surface area contributed by atoms with Crippen LogP contribution in [0, 0.1) is 0 Å². The number of methoxy groups -OCH3 is 1. The van der Waals surface area contributed by atoms with Crippen molar-refractivity contribution in [2.75, 3.05) is 46.5 Å². The van der Waals surface area contributed by atoms with Crippen LogP contribution in [0.15, 0.2) is 24.3 Å². The third kappa shape index (κ3) is 4.29. The van der Waals surface area contributed by atoms with Crippen molar-refractivity contribution in [3.05, 3.63) is 29.8 Å². The van der Waals surface area contributed by atoms with E-state index in [2.05, 4.69) is 23.5 Å². The number of ether oxygens (including phenoxy) is 2. The Balaban J connectivity index is 1.65. The number of benzene rings is 1. The first-order valence-corrected chi connectivity index (χ1v) is 6.74. The van der Waals surface area contributed by atoms with Crippen LogP contribution < -0.4 is 15.0 Å². The molecular weight excluding hydrogens is 228 g/mol. The van der Waals surface area contributed by atoms with E-state index in [0.717, 1.165) is 38.6 Å². The van der Waals surface area contributed by atoms with Gasteiger partial charge in [-0.15, -0.1) is 0 Å². The fourth-order valence-electron chi connectivity index (χ4n) is 2.28. The third-order valence-corrected chi connectivity index (χ3v) is 3.42. The van der Waals surface area contributed by atoms with Crippen LogP contribution in [0.5, 0.6) is 5.75 Å². The standard InChI is InChI=1S/C14H22N2O2/c1-17-14-4-2-3-13(11-14)12-15-5-6-16-7-9-18-10-8-16/h2-4,11,15H,5-10,12H2,1H3/p+2. The molecule has 1 aromatic carbocycles. The van der Waals surface area contributed by atoms with Gasteiger partial charge in [0, 0.05) is 5.56 Å². The Kier molecular flexibility index (Phi) is 5.45. The highest BCUT2D eigenvalue weighted by Gasteiger charge is 2.13. The van der Waals surface area contributed by atoms with Crippen LogP contribution in [-0.4, -0.2) is 46.5 Å². The molecule has 2 rings (SSSR count). The van der Waals surface area contributed by atoms with Crippen molar-refractivity contribution in [2.24, 2.45) is 0 Å². The summed E-state index contributed by atoms with van der Waals surface area (Å²) < 4.78 is 10.6. The molecule has 1 fully saturated rings. The molecule has 0 saturated carbocycles. The van der Waals surface area contributed by atoms with Gasteiger partial charge in [0.1, 0.15) is 38.5 Å². The summed E-state index contributed by atoms with van der Waals surface area (Å²) in [5.74, 6) is 0.944. The number of quaternary nitrogens is 2. The summed E-state index contributed by atoms with van der Waals surface area (Å²) >= 11 is 0. The second-order valence-electron chi connectivity index (χ2n) is 4.75. The molecule has 4 nitrogen and oxygen atoms in total. The molecule has 0 aromatic heterocycles. The lowest BCUT2D eigenvalue weighted by molar-refractivity contribution is -0.920. The molecule has 3 N–H and O–H groups in total. The molecule has 1 heterocycles. The summed E-state index contributed by atoms with van der Waals surface area (Å²) in [5, 5.41) is 2.37. The number of nitrogens with one attached hydrogen (secondary N) is 1. The second kappa shape index (κ2) is 7.36. The van der Waals surface area contributed by atoms with Crippen molar-refractivity contribution in [1.29, 1.82) is 0 Å². The van der Waals surface area contributed by atoms with Crippen molar-refractivity contribution in [3.63, 3.8) is 0 Å². The molecule has 0 atom stereocenters. The van der Waals surface area contributed by atoms with Gasteiger partial charge in [-0.25, -0.2) is 0 Å². The lowest BCUT2D eigenvalue weighted by atomic mass is 10.2. The van der Waals surface area contributed by atoms with Gasteiger partial charge < -0.3 is 19.7 Å². The van der Waals surface area contributed by atoms with E-state index in [9.17, 15) is 0 Å². The Labute approximate surface area is 109 Å². The summed E-state index contributed by atoms with van der Waals surface area (Å²) in [4.78, 5) is 1.67. The minimum atomic E-state index is 0.922. The van der Waals surface area contributed by atoms with Crippen LogP contribution in [0.25, 0.3) is 0 Å². The normalized spacial score (nSPS) is 16.7. The predicted molar refractivity (Wildman–Crippen MR) is 69.9 cm³/mol. The zero-order valence-electron chi connectivity index (χ0n) is 11.2. The first-order chi connectivity index (χ1) is 8.88. The van der Waals surface area contributed by atoms with E-state index in [0.29, 0.717) is 0 Å². The van der Waals surface area contributed by atoms with E-state index in [1.807, 2.05) is 6.07 Å². The minimum absolute atomic E-state index is 0.922. The van der Waals surface area contributed by atoms with Crippen molar-refractivity contribution in [2.45, 2.75) is 6.54 Å². The topological polar surface area (TPSA) is 39.5 Å². The summed E-state index contributed by atoms with van der Waals surface area (Å²) in [6.45, 7) is 7.59. The maximum Gasteiger partial charge on any atom is 0.127 e. The Morgan fingerprint density at radius 3 is 2.94 bits per heavy atom. The zero-order valence-corrected chi connectivity index (χ0v) is 11.2. The molecule has 0 bridgehead atoms. The number of nitrogens with two attached hydrogens (primary N) is 1. The number of rotatable bonds is 6. The summed E-state index contributed by atoms with van der Waals surface area (Å²) in [5.41, 5.74) is 1.33. The lowest BCUT2D eigenvalue weighted by Gasteiger charge is -2.22. The SMILES string of the molecule is COc1cccc(C[NH2+]CC[NH+]2CCOCC2)c1. The average molecular weight is 252 g/mol. The second-order valence-corrected chi connectivity index (χ2v) is 4.75. The fraction of sp³-hybridized carbons (Fsp3) is 0.571. The van der Waals surface area contributed by atoms with Crippen molar-refractivity contribution >= 4 is 0 Å². The summed E-state index contributed by atoms with van der Waals surface area (Å²) in [6.07, 6.45) is 0. The molecule has 4 heteroatoms. The first kappa shape index (κ1) is 13.3. The summed E-state index contributed by atoms with van der Waals surface area (Å²) in [7, 11) is 1.71. The van der Waals surface area contributed by atoms with Crippen LogP contribution in [0.1, 0.15) is 5.56 Å². The minimum Gasteiger partial charge on any atom is -0.497 e. The molecule has 0 radical (unpaired) electrons. The molecule has 0 amide bonds. The molecule has 1 saturated heterocycles. The van der Waals surface area contributed by atoms with E-state index in [-0.39, 0.29) is 0 Å². The summed E-state index contributed by atoms with van der Waals surface area (Å²) in [6, 6.07) is 8.30. The third-order valence-electron chi connectivity index (χ3n) is 3.42. The number of morpholine rings is 1. The quantitative estimate of drug-likeness (QED) is 0.616. The predicted octanol–water partition coefficient (Wildman–Crippen LogP) is -1.33. The van der Waals surface area contributed by atoms with Gasteiger partial charge in [0.25, 0.3) is 0 Å². The highest BCUT2D eigenvalue weighted by molar-refractivity contribution is 5.27. The van der Waals surface area contributed by atoms with Crippen molar-refractivity contribution in [1.82, 2.24) is 0 Å². The molecule has 1 aliphatic heterocycles. The molecule has 18 heavy (non-hydrogen) atoms. The number of hydrogen-bond acceptors (Lipinski definition) is 2. The molecule has 1 aliphatic rings. The van der Waals surface area contributed by atoms with Gasteiger partial charge in [-0.05, 0) is 12.1 Å². The van der Waals surface area contributed by atoms with E-state index in [1.165, 1.54) is 18.7 Å². The number of hydrogen-bond donors (Lipinski definition) is 2. The van der Waals surface area contributed by atoms with Gasteiger partial charge in [0.05, 0.1) is 20.3 Å². The largest absolute Gasteiger partial charge is 0.497 e. The van der Waals surface area contributed by atoms with Gasteiger partial charge in [0.15, 0.2) is 0 Å². The Bertz CT molecular complexity index is 351. The van der Waals surface area contributed by atoms with Gasteiger partial charge in [0.2, 0.25) is 0 Å². The van der Waals surface area contributed by atoms with E-state index >= 15 is 0 Å². The highest BCUT2D eigenvalue weighted by Crippen LogP contribution is 2.11. The Hall–Kier alpha value is -1.10. The van der Waals surface area contributed by atoms with E-state index in [4.69, 9.17) is 9.47 Å². The average Bonchev–Trinajstić information content (AvgIpc) is 2.45. The highest BCUT2D eigenvalue weighted by atomic mass is 16.5. The maximum atomic E-state index is 5.36. The van der Waals surface area contributed by atoms with E-state index < -0.39 is 0 Å². The Morgan fingerprint density at radius 1 is 1.33 bits per heavy atom. The van der Waals surface area contributed by atoms with Crippen LogP contribution in [0.4, 0.5) is 0 Å². The first-order valence-electron chi connectivity index (χ1n) is 6.74. The van der Waals surface area contributed by atoms with Crippen molar-refractivity contribution < 1.29 is 19.7 Å². The Morgan fingerprint density at radius 2 is 2.17 bits per heavy atom. The fourth-order valence-corrected chi connectivity index (χ4v) is 2.28. The van der Waals surface area contributed by atoms with Crippen LogP contribution in [-0.2, 0) is 11.3 Å². The molecule has 0 spiro atoms. The lowest BCUT2D eigenvalue weighted by Crippen LogP contribution is -3.16.